The topological polar surface area (TPSA) is 62.1 Å². The first kappa shape index (κ1) is 14.0. The Morgan fingerprint density at radius 3 is 2.59 bits per heavy atom. The summed E-state index contributed by atoms with van der Waals surface area (Å²) in [5.74, 6) is -0.100. The molecule has 0 aromatic heterocycles. The van der Waals surface area contributed by atoms with E-state index < -0.39 is 5.41 Å². The third kappa shape index (κ3) is 3.44. The largest absolute Gasteiger partial charge is 0.385 e. The van der Waals surface area contributed by atoms with Crippen molar-refractivity contribution in [2.75, 3.05) is 20.3 Å². The number of hydrogen-bond donors (Lipinski definition) is 1. The molecular formula is C13H22N2O2. The molecule has 1 rings (SSSR count). The summed E-state index contributed by atoms with van der Waals surface area (Å²) in [5, 5.41) is 12.0. The lowest BCUT2D eigenvalue weighted by Crippen LogP contribution is -2.47. The minimum Gasteiger partial charge on any atom is -0.385 e. The van der Waals surface area contributed by atoms with Gasteiger partial charge in [0.05, 0.1) is 6.07 Å². The van der Waals surface area contributed by atoms with Crippen LogP contribution in [-0.4, -0.2) is 26.2 Å². The molecule has 4 heteroatoms. The fraction of sp³-hybridized carbons (Fsp3) is 0.846. The van der Waals surface area contributed by atoms with Crippen molar-refractivity contribution in [2.45, 2.75) is 39.5 Å². The SMILES string of the molecule is COCCC(C)(C)CNC(=O)C1(C#N)CCC1. The van der Waals surface area contributed by atoms with Gasteiger partial charge in [0.2, 0.25) is 5.91 Å². The first-order valence-electron chi connectivity index (χ1n) is 6.14. The fourth-order valence-corrected chi connectivity index (χ4v) is 1.88. The molecule has 0 unspecified atom stereocenters. The van der Waals surface area contributed by atoms with Crippen LogP contribution < -0.4 is 5.32 Å². The van der Waals surface area contributed by atoms with Crippen LogP contribution in [0.25, 0.3) is 0 Å². The van der Waals surface area contributed by atoms with Gasteiger partial charge in [0.15, 0.2) is 0 Å². The Hall–Kier alpha value is -1.08. The van der Waals surface area contributed by atoms with Crippen molar-refractivity contribution in [1.82, 2.24) is 5.32 Å². The Labute approximate surface area is 103 Å². The number of amides is 1. The Bertz CT molecular complexity index is 314. The zero-order chi connectivity index (χ0) is 12.9. The Balaban J connectivity index is 2.40. The summed E-state index contributed by atoms with van der Waals surface area (Å²) in [6.45, 7) is 5.46. The van der Waals surface area contributed by atoms with Gasteiger partial charge in [-0.15, -0.1) is 0 Å². The highest BCUT2D eigenvalue weighted by Gasteiger charge is 2.44. The van der Waals surface area contributed by atoms with E-state index >= 15 is 0 Å². The van der Waals surface area contributed by atoms with Gasteiger partial charge in [0, 0.05) is 20.3 Å². The molecule has 0 radical (unpaired) electrons. The molecule has 0 aromatic carbocycles. The number of carbonyl (C=O) groups excluding carboxylic acids is 1. The van der Waals surface area contributed by atoms with Crippen LogP contribution in [0.1, 0.15) is 39.5 Å². The molecule has 1 N–H and O–H groups in total. The number of rotatable bonds is 6. The second-order valence-electron chi connectivity index (χ2n) is 5.64. The predicted octanol–water partition coefficient (Wildman–Crippen LogP) is 1.86. The standard InChI is InChI=1S/C13H22N2O2/c1-12(2,7-8-17-3)10-15-11(16)13(9-14)5-4-6-13/h4-8,10H2,1-3H3,(H,15,16). The molecule has 0 aromatic rings. The van der Waals surface area contributed by atoms with Crippen LogP contribution in [0, 0.1) is 22.2 Å². The monoisotopic (exact) mass is 238 g/mol. The Morgan fingerprint density at radius 2 is 2.18 bits per heavy atom. The molecule has 17 heavy (non-hydrogen) atoms. The summed E-state index contributed by atoms with van der Waals surface area (Å²) < 4.78 is 5.04. The van der Waals surface area contributed by atoms with Crippen molar-refractivity contribution in [3.63, 3.8) is 0 Å². The summed E-state index contributed by atoms with van der Waals surface area (Å²) in [6, 6.07) is 2.16. The lowest BCUT2D eigenvalue weighted by Gasteiger charge is -2.35. The van der Waals surface area contributed by atoms with Crippen LogP contribution in [0.2, 0.25) is 0 Å². The number of hydrogen-bond acceptors (Lipinski definition) is 3. The van der Waals surface area contributed by atoms with Crippen LogP contribution >= 0.6 is 0 Å². The first-order valence-corrected chi connectivity index (χ1v) is 6.14. The molecule has 96 valence electrons. The third-order valence-corrected chi connectivity index (χ3v) is 3.57. The number of methoxy groups -OCH3 is 1. The maximum absolute atomic E-state index is 11.9. The van der Waals surface area contributed by atoms with E-state index in [1.807, 2.05) is 0 Å². The van der Waals surface area contributed by atoms with Gasteiger partial charge in [-0.05, 0) is 31.1 Å². The molecule has 1 fully saturated rings. The van der Waals surface area contributed by atoms with E-state index in [0.717, 1.165) is 12.8 Å². The maximum Gasteiger partial charge on any atom is 0.240 e. The molecule has 0 bridgehead atoms. The fourth-order valence-electron chi connectivity index (χ4n) is 1.88. The highest BCUT2D eigenvalue weighted by Crippen LogP contribution is 2.40. The van der Waals surface area contributed by atoms with Gasteiger partial charge in [0.1, 0.15) is 5.41 Å². The van der Waals surface area contributed by atoms with Crippen molar-refractivity contribution < 1.29 is 9.53 Å². The predicted molar refractivity (Wildman–Crippen MR) is 65.2 cm³/mol. The maximum atomic E-state index is 11.9. The molecule has 1 amide bonds. The van der Waals surface area contributed by atoms with E-state index in [1.165, 1.54) is 0 Å². The van der Waals surface area contributed by atoms with Crippen molar-refractivity contribution >= 4 is 5.91 Å². The van der Waals surface area contributed by atoms with Gasteiger partial charge < -0.3 is 10.1 Å². The molecule has 0 spiro atoms. The smallest absolute Gasteiger partial charge is 0.240 e. The van der Waals surface area contributed by atoms with Gasteiger partial charge in [-0.1, -0.05) is 13.8 Å². The Kier molecular flexibility index (Phi) is 4.53. The van der Waals surface area contributed by atoms with E-state index in [9.17, 15) is 4.79 Å². The van der Waals surface area contributed by atoms with Crippen molar-refractivity contribution in [1.29, 1.82) is 5.26 Å². The third-order valence-electron chi connectivity index (χ3n) is 3.57. The van der Waals surface area contributed by atoms with E-state index in [4.69, 9.17) is 10.00 Å². The minimum absolute atomic E-state index is 0.00601. The number of ether oxygens (including phenoxy) is 1. The summed E-state index contributed by atoms with van der Waals surface area (Å²) >= 11 is 0. The molecule has 1 aliphatic rings. The molecule has 1 aliphatic carbocycles. The lowest BCUT2D eigenvalue weighted by atomic mass is 9.69. The Morgan fingerprint density at radius 1 is 1.53 bits per heavy atom. The molecule has 0 aliphatic heterocycles. The van der Waals surface area contributed by atoms with Crippen molar-refractivity contribution in [3.8, 4) is 6.07 Å². The van der Waals surface area contributed by atoms with Crippen LogP contribution in [0.5, 0.6) is 0 Å². The quantitative estimate of drug-likeness (QED) is 0.768. The average molecular weight is 238 g/mol. The van der Waals surface area contributed by atoms with Crippen LogP contribution in [0.15, 0.2) is 0 Å². The minimum atomic E-state index is -0.739. The van der Waals surface area contributed by atoms with E-state index in [0.29, 0.717) is 26.0 Å². The summed E-state index contributed by atoms with van der Waals surface area (Å²) in [6.07, 6.45) is 3.28. The van der Waals surface area contributed by atoms with Gasteiger partial charge in [0.25, 0.3) is 0 Å². The van der Waals surface area contributed by atoms with E-state index in [-0.39, 0.29) is 11.3 Å². The molecular weight excluding hydrogens is 216 g/mol. The van der Waals surface area contributed by atoms with Crippen molar-refractivity contribution in [2.24, 2.45) is 10.8 Å². The van der Waals surface area contributed by atoms with Gasteiger partial charge in [-0.2, -0.15) is 5.26 Å². The van der Waals surface area contributed by atoms with Gasteiger partial charge in [-0.25, -0.2) is 0 Å². The van der Waals surface area contributed by atoms with Crippen LogP contribution in [-0.2, 0) is 9.53 Å². The normalized spacial score (nSPS) is 18.0. The highest BCUT2D eigenvalue weighted by atomic mass is 16.5. The zero-order valence-electron chi connectivity index (χ0n) is 11.0. The molecule has 0 saturated heterocycles. The van der Waals surface area contributed by atoms with Gasteiger partial charge in [-0.3, -0.25) is 4.79 Å². The van der Waals surface area contributed by atoms with E-state index in [1.54, 1.807) is 7.11 Å². The summed E-state index contributed by atoms with van der Waals surface area (Å²) in [5.41, 5.74) is -0.733. The number of nitrogens with one attached hydrogen (secondary N) is 1. The molecule has 1 saturated carbocycles. The number of nitriles is 1. The second kappa shape index (κ2) is 5.50. The second-order valence-corrected chi connectivity index (χ2v) is 5.64. The highest BCUT2D eigenvalue weighted by molar-refractivity contribution is 5.86. The average Bonchev–Trinajstić information content (AvgIpc) is 2.23. The lowest BCUT2D eigenvalue weighted by molar-refractivity contribution is -0.132. The molecule has 0 heterocycles. The summed E-state index contributed by atoms with van der Waals surface area (Å²) in [7, 11) is 1.67. The van der Waals surface area contributed by atoms with E-state index in [2.05, 4.69) is 25.2 Å². The zero-order valence-corrected chi connectivity index (χ0v) is 11.0. The molecule has 4 nitrogen and oxygen atoms in total. The first-order chi connectivity index (χ1) is 7.96. The van der Waals surface area contributed by atoms with Crippen LogP contribution in [0.3, 0.4) is 0 Å². The van der Waals surface area contributed by atoms with Crippen molar-refractivity contribution in [3.05, 3.63) is 0 Å². The summed E-state index contributed by atoms with van der Waals surface area (Å²) in [4.78, 5) is 11.9. The van der Waals surface area contributed by atoms with Gasteiger partial charge >= 0.3 is 0 Å². The number of carbonyl (C=O) groups is 1. The van der Waals surface area contributed by atoms with Crippen LogP contribution in [0.4, 0.5) is 0 Å². The number of nitrogens with zero attached hydrogens (tertiary/aromatic N) is 1. The molecule has 0 atom stereocenters.